The van der Waals surface area contributed by atoms with Gasteiger partial charge in [0, 0.05) is 18.4 Å². The number of hydrogen-bond donors (Lipinski definition) is 2. The number of hydrogen-bond acceptors (Lipinski definition) is 5. The average molecular weight is 374 g/mol. The first kappa shape index (κ1) is 20.3. The molecule has 1 heterocycles. The summed E-state index contributed by atoms with van der Waals surface area (Å²) in [5.74, 6) is 0.180. The number of carbonyl (C=O) groups is 2. The highest BCUT2D eigenvalue weighted by molar-refractivity contribution is 6.06. The van der Waals surface area contributed by atoms with Crippen LogP contribution in [-0.4, -0.2) is 34.5 Å². The van der Waals surface area contributed by atoms with Gasteiger partial charge in [0.05, 0.1) is 24.1 Å². The summed E-state index contributed by atoms with van der Waals surface area (Å²) in [4.78, 5) is 24.7. The molecule has 0 saturated carbocycles. The van der Waals surface area contributed by atoms with E-state index in [4.69, 9.17) is 9.47 Å². The smallest absolute Gasteiger partial charge is 0.412 e. The van der Waals surface area contributed by atoms with Gasteiger partial charge in [0.25, 0.3) is 5.91 Å². The molecule has 0 atom stereocenters. The first-order chi connectivity index (χ1) is 12.5. The molecule has 1 aromatic carbocycles. The minimum atomic E-state index is -0.626. The van der Waals surface area contributed by atoms with Gasteiger partial charge in [0.2, 0.25) is 0 Å². The molecule has 146 valence electrons. The van der Waals surface area contributed by atoms with E-state index < -0.39 is 11.7 Å². The summed E-state index contributed by atoms with van der Waals surface area (Å²) in [6.45, 7) is 8.95. The van der Waals surface area contributed by atoms with E-state index in [0.29, 0.717) is 28.4 Å². The number of benzene rings is 1. The van der Waals surface area contributed by atoms with Crippen LogP contribution in [-0.2, 0) is 11.8 Å². The Morgan fingerprint density at radius 1 is 1.15 bits per heavy atom. The van der Waals surface area contributed by atoms with Gasteiger partial charge in [-0.3, -0.25) is 14.8 Å². The fourth-order valence-corrected chi connectivity index (χ4v) is 2.59. The molecule has 27 heavy (non-hydrogen) atoms. The van der Waals surface area contributed by atoms with Crippen molar-refractivity contribution in [3.8, 4) is 5.75 Å². The van der Waals surface area contributed by atoms with Crippen molar-refractivity contribution in [1.29, 1.82) is 0 Å². The Morgan fingerprint density at radius 3 is 2.33 bits per heavy atom. The van der Waals surface area contributed by atoms with Crippen molar-refractivity contribution in [3.63, 3.8) is 0 Å². The standard InChI is InChI=1S/C19H26N4O4/c1-11-16(12(2)23(6)22-11)17(24)20-13-8-9-15(26-7)14(10-13)21-18(25)27-19(3,4)5/h8-10H,1-7H3,(H,20,24)(H,21,25). The van der Waals surface area contributed by atoms with E-state index in [2.05, 4.69) is 15.7 Å². The fourth-order valence-electron chi connectivity index (χ4n) is 2.59. The zero-order valence-corrected chi connectivity index (χ0v) is 16.8. The third-order valence-corrected chi connectivity index (χ3v) is 3.83. The van der Waals surface area contributed by atoms with Crippen LogP contribution in [0.1, 0.15) is 42.5 Å². The van der Waals surface area contributed by atoms with E-state index in [9.17, 15) is 9.59 Å². The summed E-state index contributed by atoms with van der Waals surface area (Å²) < 4.78 is 12.2. The van der Waals surface area contributed by atoms with Gasteiger partial charge >= 0.3 is 6.09 Å². The number of nitrogens with one attached hydrogen (secondary N) is 2. The van der Waals surface area contributed by atoms with E-state index in [1.165, 1.54) is 7.11 Å². The first-order valence-corrected chi connectivity index (χ1v) is 8.51. The van der Waals surface area contributed by atoms with Crippen LogP contribution in [0.25, 0.3) is 0 Å². The van der Waals surface area contributed by atoms with Crippen molar-refractivity contribution in [2.75, 3.05) is 17.7 Å². The van der Waals surface area contributed by atoms with Gasteiger partial charge in [-0.05, 0) is 52.8 Å². The normalized spacial score (nSPS) is 11.1. The Labute approximate surface area is 158 Å². The lowest BCUT2D eigenvalue weighted by atomic mass is 10.1. The molecule has 2 amide bonds. The number of ether oxygens (including phenoxy) is 2. The number of nitrogens with zero attached hydrogens (tertiary/aromatic N) is 2. The van der Waals surface area contributed by atoms with Crippen LogP contribution < -0.4 is 15.4 Å². The SMILES string of the molecule is COc1ccc(NC(=O)c2c(C)nn(C)c2C)cc1NC(=O)OC(C)(C)C. The Kier molecular flexibility index (Phi) is 5.78. The summed E-state index contributed by atoms with van der Waals surface area (Å²) in [7, 11) is 3.28. The predicted octanol–water partition coefficient (Wildman–Crippen LogP) is 3.64. The van der Waals surface area contributed by atoms with E-state index >= 15 is 0 Å². The molecule has 2 aromatic rings. The summed E-state index contributed by atoms with van der Waals surface area (Å²) in [6.07, 6.45) is -0.608. The first-order valence-electron chi connectivity index (χ1n) is 8.51. The lowest BCUT2D eigenvalue weighted by Crippen LogP contribution is -2.27. The molecule has 0 radical (unpaired) electrons. The summed E-state index contributed by atoms with van der Waals surface area (Å²) in [6, 6.07) is 4.96. The van der Waals surface area contributed by atoms with Crippen molar-refractivity contribution in [2.45, 2.75) is 40.2 Å². The van der Waals surface area contributed by atoms with Gasteiger partial charge in [-0.2, -0.15) is 5.10 Å². The van der Waals surface area contributed by atoms with Crippen molar-refractivity contribution >= 4 is 23.4 Å². The third kappa shape index (κ3) is 4.99. The van der Waals surface area contributed by atoms with Crippen molar-refractivity contribution in [3.05, 3.63) is 35.2 Å². The molecule has 0 unspecified atom stereocenters. The van der Waals surface area contributed by atoms with Gasteiger partial charge in [-0.25, -0.2) is 4.79 Å². The molecule has 0 bridgehead atoms. The van der Waals surface area contributed by atoms with Crippen LogP contribution in [0.3, 0.4) is 0 Å². The van der Waals surface area contributed by atoms with E-state index in [1.54, 1.807) is 57.6 Å². The van der Waals surface area contributed by atoms with E-state index in [1.807, 2.05) is 6.92 Å². The van der Waals surface area contributed by atoms with E-state index in [0.717, 1.165) is 5.69 Å². The summed E-state index contributed by atoms with van der Waals surface area (Å²) >= 11 is 0. The van der Waals surface area contributed by atoms with Crippen LogP contribution in [0.2, 0.25) is 0 Å². The summed E-state index contributed by atoms with van der Waals surface area (Å²) in [5, 5.41) is 9.72. The van der Waals surface area contributed by atoms with Crippen molar-refractivity contribution < 1.29 is 19.1 Å². The Morgan fingerprint density at radius 2 is 1.81 bits per heavy atom. The van der Waals surface area contributed by atoms with Crippen molar-refractivity contribution in [2.24, 2.45) is 7.05 Å². The van der Waals surface area contributed by atoms with Crippen LogP contribution in [0.4, 0.5) is 16.2 Å². The molecule has 8 nitrogen and oxygen atoms in total. The molecule has 0 fully saturated rings. The number of carbonyl (C=O) groups excluding carboxylic acids is 2. The van der Waals surface area contributed by atoms with Gasteiger partial charge in [-0.1, -0.05) is 0 Å². The molecule has 0 aliphatic heterocycles. The lowest BCUT2D eigenvalue weighted by molar-refractivity contribution is 0.0635. The maximum absolute atomic E-state index is 12.6. The van der Waals surface area contributed by atoms with Gasteiger partial charge in [-0.15, -0.1) is 0 Å². The monoisotopic (exact) mass is 374 g/mol. The zero-order chi connectivity index (χ0) is 20.4. The maximum atomic E-state index is 12.6. The lowest BCUT2D eigenvalue weighted by Gasteiger charge is -2.20. The number of amides is 2. The number of aryl methyl sites for hydroxylation is 2. The maximum Gasteiger partial charge on any atom is 0.412 e. The molecule has 0 aliphatic carbocycles. The highest BCUT2D eigenvalue weighted by atomic mass is 16.6. The fraction of sp³-hybridized carbons (Fsp3) is 0.421. The van der Waals surface area contributed by atoms with Gasteiger partial charge in [0.15, 0.2) is 0 Å². The van der Waals surface area contributed by atoms with Gasteiger partial charge < -0.3 is 14.8 Å². The Hall–Kier alpha value is -3.03. The molecular weight excluding hydrogens is 348 g/mol. The van der Waals surface area contributed by atoms with Crippen LogP contribution in [0.5, 0.6) is 5.75 Å². The minimum Gasteiger partial charge on any atom is -0.495 e. The van der Waals surface area contributed by atoms with E-state index in [-0.39, 0.29) is 5.91 Å². The quantitative estimate of drug-likeness (QED) is 0.852. The van der Waals surface area contributed by atoms with Crippen molar-refractivity contribution in [1.82, 2.24) is 9.78 Å². The molecule has 2 rings (SSSR count). The molecule has 0 aliphatic rings. The topological polar surface area (TPSA) is 94.5 Å². The highest BCUT2D eigenvalue weighted by Gasteiger charge is 2.20. The Bertz CT molecular complexity index is 865. The molecular formula is C19H26N4O4. The van der Waals surface area contributed by atoms with Crippen LogP contribution in [0.15, 0.2) is 18.2 Å². The van der Waals surface area contributed by atoms with Crippen LogP contribution in [0, 0.1) is 13.8 Å². The number of anilines is 2. The molecule has 0 saturated heterocycles. The zero-order valence-electron chi connectivity index (χ0n) is 16.8. The molecule has 1 aromatic heterocycles. The second kappa shape index (κ2) is 7.69. The highest BCUT2D eigenvalue weighted by Crippen LogP contribution is 2.29. The second-order valence-electron chi connectivity index (χ2n) is 7.17. The molecule has 8 heteroatoms. The molecule has 2 N–H and O–H groups in total. The summed E-state index contributed by atoms with van der Waals surface area (Å²) in [5.41, 5.74) is 2.21. The molecule has 0 spiro atoms. The number of methoxy groups -OCH3 is 1. The third-order valence-electron chi connectivity index (χ3n) is 3.83. The Balaban J connectivity index is 2.23. The largest absolute Gasteiger partial charge is 0.495 e. The van der Waals surface area contributed by atoms with Crippen LogP contribution >= 0.6 is 0 Å². The predicted molar refractivity (Wildman–Crippen MR) is 103 cm³/mol. The van der Waals surface area contributed by atoms with Gasteiger partial charge in [0.1, 0.15) is 11.4 Å². The number of rotatable bonds is 4. The average Bonchev–Trinajstić information content (AvgIpc) is 2.78. The second-order valence-corrected chi connectivity index (χ2v) is 7.17. The minimum absolute atomic E-state index is 0.272. The number of aromatic nitrogens is 2.